The number of nitrogens with zero attached hydrogens (tertiary/aromatic N) is 2. The van der Waals surface area contributed by atoms with Crippen molar-refractivity contribution in [3.63, 3.8) is 0 Å². The molecule has 0 bridgehead atoms. The van der Waals surface area contributed by atoms with Crippen LogP contribution in [0.5, 0.6) is 0 Å². The molecule has 1 aromatic carbocycles. The molecular weight excluding hydrogens is 461 g/mol. The van der Waals surface area contributed by atoms with Crippen LogP contribution in [0.1, 0.15) is 18.4 Å². The van der Waals surface area contributed by atoms with Gasteiger partial charge in [-0.2, -0.15) is 0 Å². The molecule has 2 unspecified atom stereocenters. The van der Waals surface area contributed by atoms with Crippen LogP contribution in [0.25, 0.3) is 16.5 Å². The number of hydrogen-bond acceptors (Lipinski definition) is 5. The second-order valence-corrected chi connectivity index (χ2v) is 9.84. The minimum atomic E-state index is 0.0526. The molecule has 2 atom stereocenters. The number of hydrazine groups is 1. The summed E-state index contributed by atoms with van der Waals surface area (Å²) < 4.78 is 1.17. The number of aromatic nitrogens is 1. The number of carbonyl (C=O) groups excluding carboxylic acids is 1. The maximum Gasteiger partial charge on any atom is 0.236 e. The van der Waals surface area contributed by atoms with Gasteiger partial charge in [0.15, 0.2) is 0 Å². The lowest BCUT2D eigenvalue weighted by atomic mass is 9.93. The summed E-state index contributed by atoms with van der Waals surface area (Å²) in [7, 11) is 0.645. The summed E-state index contributed by atoms with van der Waals surface area (Å²) in [5.74, 6) is 2.95. The van der Waals surface area contributed by atoms with E-state index in [-0.39, 0.29) is 12.5 Å². The van der Waals surface area contributed by atoms with Crippen molar-refractivity contribution in [2.24, 2.45) is 11.7 Å². The summed E-state index contributed by atoms with van der Waals surface area (Å²) in [6, 6.07) is 10.4. The molecule has 8 heteroatoms. The zero-order valence-corrected chi connectivity index (χ0v) is 19.4. The molecule has 2 aromatic rings. The van der Waals surface area contributed by atoms with Gasteiger partial charge < -0.3 is 16.1 Å². The topological polar surface area (TPSA) is 83.3 Å². The highest BCUT2D eigenvalue weighted by atomic mass is 79.9. The van der Waals surface area contributed by atoms with Gasteiger partial charge in [-0.25, -0.2) is 5.43 Å². The molecule has 3 heterocycles. The largest absolute Gasteiger partial charge is 0.342 e. The van der Waals surface area contributed by atoms with Crippen LogP contribution in [0.3, 0.4) is 0 Å². The van der Waals surface area contributed by atoms with Crippen LogP contribution in [0.15, 0.2) is 53.0 Å². The number of carbonyl (C=O) groups is 1. The fourth-order valence-electron chi connectivity index (χ4n) is 4.08. The van der Waals surface area contributed by atoms with E-state index >= 15 is 0 Å². The Morgan fingerprint density at radius 3 is 2.90 bits per heavy atom. The Balaban J connectivity index is 1.53. The number of nitrogens with one attached hydrogen (secondary N) is 2. The Morgan fingerprint density at radius 2 is 2.10 bits per heavy atom. The molecule has 1 fully saturated rings. The van der Waals surface area contributed by atoms with Gasteiger partial charge in [0.2, 0.25) is 5.91 Å². The van der Waals surface area contributed by atoms with Gasteiger partial charge in [0.1, 0.15) is 0 Å². The summed E-state index contributed by atoms with van der Waals surface area (Å²) in [6.45, 7) is 2.40. The molecule has 4 N–H and O–H groups in total. The number of pyridine rings is 1. The fourth-order valence-corrected chi connectivity index (χ4v) is 6.46. The van der Waals surface area contributed by atoms with Crippen molar-refractivity contribution in [2.45, 2.75) is 18.5 Å². The van der Waals surface area contributed by atoms with E-state index in [0.717, 1.165) is 48.9 Å². The lowest BCUT2D eigenvalue weighted by Gasteiger charge is -2.35. The van der Waals surface area contributed by atoms with E-state index in [4.69, 9.17) is 5.73 Å². The van der Waals surface area contributed by atoms with Crippen molar-refractivity contribution in [3.05, 3.63) is 58.6 Å². The van der Waals surface area contributed by atoms with E-state index in [9.17, 15) is 4.79 Å². The van der Waals surface area contributed by atoms with Gasteiger partial charge in [-0.3, -0.25) is 9.78 Å². The standard InChI is InChI=1S/C22H27BrN5OP/c23-19-13-27-26-12-18(17-9-16-3-1-2-4-20(16)25-11-17)14-30-22(19)15-5-7-28(8-6-15)21(29)10-24/h1-4,9,11,13-15,22,26-27,30H,5-8,10,12,24H2/b18-14-,19-13+. The molecule has 1 saturated heterocycles. The van der Waals surface area contributed by atoms with E-state index < -0.39 is 0 Å². The third-order valence-electron chi connectivity index (χ3n) is 5.82. The number of piperidine rings is 1. The number of allylic oxidation sites excluding steroid dienone is 1. The van der Waals surface area contributed by atoms with Crippen LogP contribution in [0.4, 0.5) is 0 Å². The van der Waals surface area contributed by atoms with Crippen LogP contribution in [0.2, 0.25) is 0 Å². The number of nitrogens with two attached hydrogens (primary N) is 1. The lowest BCUT2D eigenvalue weighted by Crippen LogP contribution is -2.43. The SMILES string of the molecule is NCC(=O)N1CCC(C2P/C=C(\c3cnc4ccccc4c3)CNN/C=C\2Br)CC1. The Kier molecular flexibility index (Phi) is 7.16. The number of amides is 1. The molecule has 0 spiro atoms. The van der Waals surface area contributed by atoms with Gasteiger partial charge in [0.25, 0.3) is 0 Å². The van der Waals surface area contributed by atoms with Crippen LogP contribution >= 0.6 is 24.5 Å². The number of rotatable bonds is 3. The molecule has 0 aliphatic carbocycles. The van der Waals surface area contributed by atoms with Gasteiger partial charge in [-0.1, -0.05) is 48.5 Å². The molecule has 30 heavy (non-hydrogen) atoms. The number of hydrogen-bond donors (Lipinski definition) is 3. The fraction of sp³-hybridized carbons (Fsp3) is 0.364. The number of fused-ring (bicyclic) bond motifs is 1. The highest BCUT2D eigenvalue weighted by Gasteiger charge is 2.29. The maximum absolute atomic E-state index is 11.9. The molecule has 0 saturated carbocycles. The third-order valence-corrected chi connectivity index (χ3v) is 8.63. The first-order valence-electron chi connectivity index (χ1n) is 10.3. The molecule has 2 aliphatic rings. The Morgan fingerprint density at radius 1 is 1.30 bits per heavy atom. The summed E-state index contributed by atoms with van der Waals surface area (Å²) in [5, 5.41) is 1.15. The number of para-hydroxylation sites is 1. The third kappa shape index (κ3) is 4.92. The monoisotopic (exact) mass is 487 g/mol. The molecule has 2 aliphatic heterocycles. The summed E-state index contributed by atoms with van der Waals surface area (Å²) in [6.07, 6.45) is 5.98. The molecule has 0 radical (unpaired) electrons. The smallest absolute Gasteiger partial charge is 0.236 e. The second-order valence-electron chi connectivity index (χ2n) is 7.68. The van der Waals surface area contributed by atoms with Gasteiger partial charge in [-0.15, -0.1) is 0 Å². The Bertz CT molecular complexity index is 971. The van der Waals surface area contributed by atoms with Crippen LogP contribution < -0.4 is 16.6 Å². The second kappa shape index (κ2) is 10.0. The molecule has 1 amide bonds. The van der Waals surface area contributed by atoms with Crippen molar-refractivity contribution in [1.29, 1.82) is 0 Å². The maximum atomic E-state index is 11.9. The molecule has 158 valence electrons. The average molecular weight is 488 g/mol. The predicted molar refractivity (Wildman–Crippen MR) is 128 cm³/mol. The van der Waals surface area contributed by atoms with Crippen molar-refractivity contribution in [3.8, 4) is 0 Å². The van der Waals surface area contributed by atoms with E-state index in [1.165, 1.54) is 10.1 Å². The van der Waals surface area contributed by atoms with Crippen molar-refractivity contribution < 1.29 is 4.79 Å². The van der Waals surface area contributed by atoms with Crippen molar-refractivity contribution in [2.75, 3.05) is 26.2 Å². The van der Waals surface area contributed by atoms with Crippen LogP contribution in [0, 0.1) is 5.92 Å². The Hall–Kier alpha value is -1.79. The van der Waals surface area contributed by atoms with E-state index in [2.05, 4.69) is 49.7 Å². The quantitative estimate of drug-likeness (QED) is 0.579. The number of benzene rings is 1. The summed E-state index contributed by atoms with van der Waals surface area (Å²) >= 11 is 3.80. The van der Waals surface area contributed by atoms with Gasteiger partial charge in [0, 0.05) is 47.6 Å². The first kappa shape index (κ1) is 21.4. The summed E-state index contributed by atoms with van der Waals surface area (Å²) in [4.78, 5) is 18.4. The van der Waals surface area contributed by atoms with E-state index in [0.29, 0.717) is 20.2 Å². The molecule has 6 nitrogen and oxygen atoms in total. The van der Waals surface area contributed by atoms with Gasteiger partial charge >= 0.3 is 0 Å². The molecule has 4 rings (SSSR count). The average Bonchev–Trinajstić information content (AvgIpc) is 2.89. The van der Waals surface area contributed by atoms with E-state index in [1.807, 2.05) is 35.5 Å². The van der Waals surface area contributed by atoms with Crippen molar-refractivity contribution in [1.82, 2.24) is 20.7 Å². The molecule has 1 aromatic heterocycles. The van der Waals surface area contributed by atoms with Crippen molar-refractivity contribution >= 4 is 46.9 Å². The van der Waals surface area contributed by atoms with Crippen LogP contribution in [-0.2, 0) is 4.79 Å². The zero-order valence-electron chi connectivity index (χ0n) is 16.8. The summed E-state index contributed by atoms with van der Waals surface area (Å²) in [5.41, 5.74) is 15.9. The Labute approximate surface area is 187 Å². The highest BCUT2D eigenvalue weighted by molar-refractivity contribution is 9.11. The van der Waals surface area contributed by atoms with Crippen LogP contribution in [-0.4, -0.2) is 47.6 Å². The normalized spacial score (nSPS) is 25.4. The zero-order chi connectivity index (χ0) is 20.9. The number of likely N-dealkylation sites (tertiary alicyclic amines) is 1. The minimum Gasteiger partial charge on any atom is -0.342 e. The predicted octanol–water partition coefficient (Wildman–Crippen LogP) is 3.16. The first-order valence-corrected chi connectivity index (χ1v) is 12.2. The first-order chi connectivity index (χ1) is 14.7. The van der Waals surface area contributed by atoms with Gasteiger partial charge in [0.05, 0.1) is 12.1 Å². The minimum absolute atomic E-state index is 0.0526. The molecular formula is C22H27BrN5OP. The van der Waals surface area contributed by atoms with Gasteiger partial charge in [-0.05, 0) is 42.0 Å². The number of halogens is 1. The highest BCUT2D eigenvalue weighted by Crippen LogP contribution is 2.42. The van der Waals surface area contributed by atoms with E-state index in [1.54, 1.807) is 0 Å². The lowest BCUT2D eigenvalue weighted by molar-refractivity contribution is -0.131.